The van der Waals surface area contributed by atoms with Crippen LogP contribution in [0.3, 0.4) is 0 Å². The summed E-state index contributed by atoms with van der Waals surface area (Å²) in [7, 11) is 0. The first-order chi connectivity index (χ1) is 12.0. The SMILES string of the molecule is CC(=O)c1ccc(OCc2nc(-c3ccc([N+](=O)[O-])cc3)n[nH]2)cc1. The van der Waals surface area contributed by atoms with Crippen molar-refractivity contribution in [2.75, 3.05) is 0 Å². The number of hydrogen-bond acceptors (Lipinski definition) is 6. The summed E-state index contributed by atoms with van der Waals surface area (Å²) in [6.45, 7) is 1.68. The van der Waals surface area contributed by atoms with Gasteiger partial charge in [0.1, 0.15) is 12.4 Å². The van der Waals surface area contributed by atoms with Crippen LogP contribution in [-0.2, 0) is 6.61 Å². The highest BCUT2D eigenvalue weighted by Crippen LogP contribution is 2.19. The zero-order chi connectivity index (χ0) is 17.8. The highest BCUT2D eigenvalue weighted by Gasteiger charge is 2.10. The van der Waals surface area contributed by atoms with E-state index in [-0.39, 0.29) is 18.1 Å². The van der Waals surface area contributed by atoms with Gasteiger partial charge < -0.3 is 4.74 Å². The Labute approximate surface area is 142 Å². The van der Waals surface area contributed by atoms with Crippen LogP contribution in [0.25, 0.3) is 11.4 Å². The number of nitro groups is 1. The number of non-ortho nitro benzene ring substituents is 1. The molecule has 0 unspecified atom stereocenters. The van der Waals surface area contributed by atoms with Gasteiger partial charge in [0.05, 0.1) is 4.92 Å². The van der Waals surface area contributed by atoms with E-state index >= 15 is 0 Å². The average molecular weight is 338 g/mol. The quantitative estimate of drug-likeness (QED) is 0.420. The predicted octanol–water partition coefficient (Wildman–Crippen LogP) is 3.16. The van der Waals surface area contributed by atoms with Gasteiger partial charge in [-0.05, 0) is 43.3 Å². The molecular formula is C17H14N4O4. The van der Waals surface area contributed by atoms with Gasteiger partial charge in [-0.3, -0.25) is 20.0 Å². The molecule has 3 aromatic rings. The second kappa shape index (κ2) is 6.91. The van der Waals surface area contributed by atoms with E-state index in [1.54, 1.807) is 36.4 Å². The molecule has 1 heterocycles. The number of nitrogens with zero attached hydrogens (tertiary/aromatic N) is 3. The Morgan fingerprint density at radius 1 is 1.16 bits per heavy atom. The number of hydrogen-bond donors (Lipinski definition) is 1. The first kappa shape index (κ1) is 16.3. The molecule has 0 fully saturated rings. The van der Waals surface area contributed by atoms with Crippen LogP contribution in [0.5, 0.6) is 5.75 Å². The molecule has 0 saturated carbocycles. The molecule has 126 valence electrons. The Hall–Kier alpha value is -3.55. The summed E-state index contributed by atoms with van der Waals surface area (Å²) in [4.78, 5) is 25.7. The maximum Gasteiger partial charge on any atom is 0.269 e. The van der Waals surface area contributed by atoms with Crippen LogP contribution in [0.1, 0.15) is 23.1 Å². The summed E-state index contributed by atoms with van der Waals surface area (Å²) in [5.74, 6) is 1.55. The van der Waals surface area contributed by atoms with Gasteiger partial charge in [0.15, 0.2) is 17.4 Å². The smallest absolute Gasteiger partial charge is 0.269 e. The number of ketones is 1. The molecule has 1 aromatic heterocycles. The Morgan fingerprint density at radius 3 is 2.44 bits per heavy atom. The predicted molar refractivity (Wildman–Crippen MR) is 89.3 cm³/mol. The lowest BCUT2D eigenvalue weighted by Gasteiger charge is -2.04. The van der Waals surface area contributed by atoms with Gasteiger partial charge in [0, 0.05) is 23.3 Å². The van der Waals surface area contributed by atoms with Crippen molar-refractivity contribution in [1.29, 1.82) is 0 Å². The van der Waals surface area contributed by atoms with Crippen molar-refractivity contribution in [3.8, 4) is 17.1 Å². The number of nitro benzene ring substituents is 1. The molecule has 0 bridgehead atoms. The van der Waals surface area contributed by atoms with Crippen molar-refractivity contribution in [3.05, 3.63) is 70.0 Å². The molecule has 8 nitrogen and oxygen atoms in total. The van der Waals surface area contributed by atoms with Crippen LogP contribution in [-0.4, -0.2) is 25.9 Å². The molecule has 8 heteroatoms. The van der Waals surface area contributed by atoms with E-state index in [1.165, 1.54) is 19.1 Å². The zero-order valence-corrected chi connectivity index (χ0v) is 13.3. The van der Waals surface area contributed by atoms with Gasteiger partial charge in [0.25, 0.3) is 5.69 Å². The third-order valence-corrected chi connectivity index (χ3v) is 3.50. The summed E-state index contributed by atoms with van der Waals surface area (Å²) in [5, 5.41) is 17.5. The van der Waals surface area contributed by atoms with Crippen molar-refractivity contribution >= 4 is 11.5 Å². The summed E-state index contributed by atoms with van der Waals surface area (Å²) in [5.41, 5.74) is 1.29. The topological polar surface area (TPSA) is 111 Å². The molecule has 3 rings (SSSR count). The normalized spacial score (nSPS) is 10.4. The van der Waals surface area contributed by atoms with Crippen LogP contribution in [0.2, 0.25) is 0 Å². The van der Waals surface area contributed by atoms with Crippen LogP contribution >= 0.6 is 0 Å². The van der Waals surface area contributed by atoms with E-state index in [4.69, 9.17) is 4.74 Å². The number of aromatic nitrogens is 3. The summed E-state index contributed by atoms with van der Waals surface area (Å²) < 4.78 is 5.59. The van der Waals surface area contributed by atoms with Crippen molar-refractivity contribution in [2.45, 2.75) is 13.5 Å². The van der Waals surface area contributed by atoms with Gasteiger partial charge in [-0.25, -0.2) is 4.98 Å². The lowest BCUT2D eigenvalue weighted by Crippen LogP contribution is -1.98. The molecule has 0 spiro atoms. The van der Waals surface area contributed by atoms with E-state index in [9.17, 15) is 14.9 Å². The standard InChI is InChI=1S/C17H14N4O4/c1-11(22)12-4-8-15(9-5-12)25-10-16-18-17(20-19-16)13-2-6-14(7-3-13)21(23)24/h2-9H,10H2,1H3,(H,18,19,20). The maximum absolute atomic E-state index is 11.2. The summed E-state index contributed by atoms with van der Waals surface area (Å²) in [6.07, 6.45) is 0. The second-order valence-corrected chi connectivity index (χ2v) is 5.28. The summed E-state index contributed by atoms with van der Waals surface area (Å²) in [6, 6.07) is 12.8. The molecular weight excluding hydrogens is 324 g/mol. The number of ether oxygens (including phenoxy) is 1. The number of aromatic amines is 1. The third-order valence-electron chi connectivity index (χ3n) is 3.50. The Morgan fingerprint density at radius 2 is 1.84 bits per heavy atom. The van der Waals surface area contributed by atoms with Crippen molar-refractivity contribution in [2.24, 2.45) is 0 Å². The zero-order valence-electron chi connectivity index (χ0n) is 13.3. The first-order valence-corrected chi connectivity index (χ1v) is 7.43. The minimum atomic E-state index is -0.460. The van der Waals surface area contributed by atoms with Gasteiger partial charge in [-0.2, -0.15) is 5.10 Å². The van der Waals surface area contributed by atoms with Crippen LogP contribution in [0.15, 0.2) is 48.5 Å². The largest absolute Gasteiger partial charge is 0.486 e. The Kier molecular flexibility index (Phi) is 4.51. The fraction of sp³-hybridized carbons (Fsp3) is 0.118. The van der Waals surface area contributed by atoms with E-state index < -0.39 is 4.92 Å². The Balaban J connectivity index is 1.65. The molecule has 0 aliphatic heterocycles. The number of nitrogens with one attached hydrogen (secondary N) is 1. The monoisotopic (exact) mass is 338 g/mol. The molecule has 1 N–H and O–H groups in total. The number of rotatable bonds is 6. The second-order valence-electron chi connectivity index (χ2n) is 5.28. The molecule has 0 atom stereocenters. The Bertz CT molecular complexity index is 901. The fourth-order valence-electron chi connectivity index (χ4n) is 2.16. The third kappa shape index (κ3) is 3.86. The van der Waals surface area contributed by atoms with E-state index in [0.29, 0.717) is 28.5 Å². The summed E-state index contributed by atoms with van der Waals surface area (Å²) >= 11 is 0. The van der Waals surface area contributed by atoms with E-state index in [2.05, 4.69) is 15.2 Å². The van der Waals surface area contributed by atoms with Gasteiger partial charge in [-0.1, -0.05) is 0 Å². The number of carbonyl (C=O) groups is 1. The minimum Gasteiger partial charge on any atom is -0.486 e. The lowest BCUT2D eigenvalue weighted by atomic mass is 10.1. The van der Waals surface area contributed by atoms with Gasteiger partial charge in [-0.15, -0.1) is 0 Å². The molecule has 0 aliphatic carbocycles. The van der Waals surface area contributed by atoms with Crippen LogP contribution in [0.4, 0.5) is 5.69 Å². The maximum atomic E-state index is 11.2. The highest BCUT2D eigenvalue weighted by molar-refractivity contribution is 5.94. The van der Waals surface area contributed by atoms with Crippen LogP contribution in [0, 0.1) is 10.1 Å². The van der Waals surface area contributed by atoms with Gasteiger partial charge >= 0.3 is 0 Å². The molecule has 0 radical (unpaired) electrons. The molecule has 2 aromatic carbocycles. The van der Waals surface area contributed by atoms with Crippen molar-refractivity contribution < 1.29 is 14.5 Å². The fourth-order valence-corrected chi connectivity index (χ4v) is 2.16. The number of H-pyrrole nitrogens is 1. The molecule has 25 heavy (non-hydrogen) atoms. The van der Waals surface area contributed by atoms with Crippen molar-refractivity contribution in [3.63, 3.8) is 0 Å². The van der Waals surface area contributed by atoms with E-state index in [0.717, 1.165) is 0 Å². The van der Waals surface area contributed by atoms with Gasteiger partial charge in [0.2, 0.25) is 0 Å². The number of carbonyl (C=O) groups excluding carboxylic acids is 1. The number of Topliss-reactive ketones (excluding diaryl/α,β-unsaturated/α-hetero) is 1. The van der Waals surface area contributed by atoms with E-state index in [1.807, 2.05) is 0 Å². The molecule has 0 aliphatic rings. The minimum absolute atomic E-state index is 0.00507. The lowest BCUT2D eigenvalue weighted by molar-refractivity contribution is -0.384. The average Bonchev–Trinajstić information content (AvgIpc) is 3.09. The molecule has 0 saturated heterocycles. The molecule has 0 amide bonds. The first-order valence-electron chi connectivity index (χ1n) is 7.43. The van der Waals surface area contributed by atoms with Crippen LogP contribution < -0.4 is 4.74 Å². The highest BCUT2D eigenvalue weighted by atomic mass is 16.6. The number of benzene rings is 2. The van der Waals surface area contributed by atoms with Crippen molar-refractivity contribution in [1.82, 2.24) is 15.2 Å².